The van der Waals surface area contributed by atoms with Crippen LogP contribution in [0.3, 0.4) is 0 Å². The molecule has 8 nitrogen and oxygen atoms in total. The molecule has 2 fully saturated rings. The Hall–Kier alpha value is -2.06. The molecule has 0 spiro atoms. The second-order valence-electron chi connectivity index (χ2n) is 11.3. The van der Waals surface area contributed by atoms with Crippen molar-refractivity contribution in [2.24, 2.45) is 11.8 Å². The number of piperidine rings is 1. The van der Waals surface area contributed by atoms with Crippen molar-refractivity contribution in [3.63, 3.8) is 0 Å². The Morgan fingerprint density at radius 1 is 1.29 bits per heavy atom. The standard InChI is InChI=1S/C27H44N6O2/c1-6-18(2)9-7-11-21(28-5)23-17-33-26(30-23)31-24(20-12-14-35-27(3,4)16-20)22(32-33)15-19-10-8-13-29-25(19)34/h17-21,28H,6-16H2,1-5H3,(H,29,34)/t18?,19-,20?,21?/m1/s1. The summed E-state index contributed by atoms with van der Waals surface area (Å²) in [5, 5.41) is 11.5. The number of rotatable bonds is 10. The number of hydrogen-bond acceptors (Lipinski definition) is 6. The third kappa shape index (κ3) is 6.39. The number of hydrogen-bond donors (Lipinski definition) is 2. The van der Waals surface area contributed by atoms with Gasteiger partial charge in [-0.05, 0) is 58.9 Å². The summed E-state index contributed by atoms with van der Waals surface area (Å²) in [4.78, 5) is 22.5. The maximum atomic E-state index is 12.5. The lowest BCUT2D eigenvalue weighted by molar-refractivity contribution is -0.126. The third-order valence-corrected chi connectivity index (χ3v) is 7.95. The van der Waals surface area contributed by atoms with Crippen LogP contribution < -0.4 is 10.6 Å². The molecule has 3 unspecified atom stereocenters. The second kappa shape index (κ2) is 11.3. The van der Waals surface area contributed by atoms with Gasteiger partial charge in [-0.25, -0.2) is 14.5 Å². The topological polar surface area (TPSA) is 93.4 Å². The van der Waals surface area contributed by atoms with Gasteiger partial charge in [0.1, 0.15) is 0 Å². The van der Waals surface area contributed by atoms with Crippen LogP contribution in [0.1, 0.15) is 108 Å². The molecule has 0 radical (unpaired) electrons. The molecular formula is C27H44N6O2. The van der Waals surface area contributed by atoms with Crippen LogP contribution in [0.4, 0.5) is 0 Å². The number of ether oxygens (including phenoxy) is 1. The summed E-state index contributed by atoms with van der Waals surface area (Å²) >= 11 is 0. The van der Waals surface area contributed by atoms with Crippen molar-refractivity contribution in [2.45, 2.75) is 103 Å². The van der Waals surface area contributed by atoms with E-state index in [1.54, 1.807) is 0 Å². The van der Waals surface area contributed by atoms with Gasteiger partial charge < -0.3 is 15.4 Å². The molecule has 0 aromatic carbocycles. The number of carbonyl (C=O) groups excluding carboxylic acids is 1. The Morgan fingerprint density at radius 3 is 2.83 bits per heavy atom. The van der Waals surface area contributed by atoms with Crippen molar-refractivity contribution in [1.82, 2.24) is 30.2 Å². The van der Waals surface area contributed by atoms with Gasteiger partial charge >= 0.3 is 0 Å². The zero-order chi connectivity index (χ0) is 25.0. The molecule has 2 aliphatic rings. The molecule has 2 aromatic heterocycles. The summed E-state index contributed by atoms with van der Waals surface area (Å²) in [6, 6.07) is 0.181. The summed E-state index contributed by atoms with van der Waals surface area (Å²) < 4.78 is 7.81. The van der Waals surface area contributed by atoms with Crippen LogP contribution in [0.2, 0.25) is 0 Å². The van der Waals surface area contributed by atoms with Gasteiger partial charge in [-0.1, -0.05) is 33.1 Å². The van der Waals surface area contributed by atoms with Gasteiger partial charge in [0.05, 0.1) is 34.9 Å². The molecule has 4 atom stereocenters. The zero-order valence-corrected chi connectivity index (χ0v) is 22.3. The SMILES string of the molecule is CCC(C)CCCC(NC)c1cn2nc(C[C@H]3CCCNC3=O)c(C3CCOC(C)(C)C3)nc2n1. The highest BCUT2D eigenvalue weighted by atomic mass is 16.5. The fraction of sp³-hybridized carbons (Fsp3) is 0.778. The Bertz CT molecular complexity index is 1000. The number of aromatic nitrogens is 4. The van der Waals surface area contributed by atoms with Crippen LogP contribution in [0.15, 0.2) is 6.20 Å². The minimum atomic E-state index is -0.191. The predicted octanol–water partition coefficient (Wildman–Crippen LogP) is 4.34. The monoisotopic (exact) mass is 484 g/mol. The van der Waals surface area contributed by atoms with E-state index in [4.69, 9.17) is 19.8 Å². The van der Waals surface area contributed by atoms with Gasteiger partial charge in [0.25, 0.3) is 5.78 Å². The zero-order valence-electron chi connectivity index (χ0n) is 22.3. The van der Waals surface area contributed by atoms with Gasteiger partial charge in [0.2, 0.25) is 5.91 Å². The quantitative estimate of drug-likeness (QED) is 0.521. The number of carbonyl (C=O) groups is 1. The Balaban J connectivity index is 1.63. The first-order valence-electron chi connectivity index (χ1n) is 13.6. The molecule has 0 aliphatic carbocycles. The van der Waals surface area contributed by atoms with Crippen molar-refractivity contribution in [2.75, 3.05) is 20.2 Å². The lowest BCUT2D eigenvalue weighted by Crippen LogP contribution is -2.38. The van der Waals surface area contributed by atoms with Crippen LogP contribution in [0.5, 0.6) is 0 Å². The summed E-state index contributed by atoms with van der Waals surface area (Å²) in [6.45, 7) is 10.3. The number of imidazole rings is 1. The van der Waals surface area contributed by atoms with Crippen LogP contribution >= 0.6 is 0 Å². The van der Waals surface area contributed by atoms with Crippen LogP contribution in [-0.2, 0) is 16.0 Å². The highest BCUT2D eigenvalue weighted by Gasteiger charge is 2.34. The van der Waals surface area contributed by atoms with Crippen molar-refractivity contribution in [3.05, 3.63) is 23.3 Å². The van der Waals surface area contributed by atoms with E-state index in [-0.39, 0.29) is 29.4 Å². The minimum Gasteiger partial charge on any atom is -0.376 e. The lowest BCUT2D eigenvalue weighted by Gasteiger charge is -2.35. The molecule has 8 heteroatoms. The van der Waals surface area contributed by atoms with Gasteiger partial charge in [-0.3, -0.25) is 4.79 Å². The number of fused-ring (bicyclic) bond motifs is 1. The van der Waals surface area contributed by atoms with E-state index in [1.165, 1.54) is 19.3 Å². The van der Waals surface area contributed by atoms with E-state index in [1.807, 2.05) is 17.8 Å². The molecule has 2 aliphatic heterocycles. The normalized spacial score (nSPS) is 24.3. The van der Waals surface area contributed by atoms with Gasteiger partial charge in [-0.2, -0.15) is 5.10 Å². The molecule has 194 valence electrons. The van der Waals surface area contributed by atoms with Crippen molar-refractivity contribution >= 4 is 11.7 Å². The smallest absolute Gasteiger partial charge is 0.251 e. The predicted molar refractivity (Wildman–Crippen MR) is 137 cm³/mol. The first kappa shape index (κ1) is 26.0. The van der Waals surface area contributed by atoms with E-state index in [9.17, 15) is 4.79 Å². The Labute approximate surface area is 210 Å². The summed E-state index contributed by atoms with van der Waals surface area (Å²) in [5.74, 6) is 1.75. The van der Waals surface area contributed by atoms with Crippen molar-refractivity contribution in [1.29, 1.82) is 0 Å². The van der Waals surface area contributed by atoms with Crippen molar-refractivity contribution < 1.29 is 9.53 Å². The molecule has 0 bridgehead atoms. The second-order valence-corrected chi connectivity index (χ2v) is 11.3. The minimum absolute atomic E-state index is 0.0456. The molecule has 4 rings (SSSR count). The van der Waals surface area contributed by atoms with E-state index in [0.29, 0.717) is 18.8 Å². The molecule has 35 heavy (non-hydrogen) atoms. The van der Waals surface area contributed by atoms with Gasteiger partial charge in [-0.15, -0.1) is 0 Å². The maximum Gasteiger partial charge on any atom is 0.251 e. The maximum absolute atomic E-state index is 12.5. The molecule has 2 aromatic rings. The molecule has 2 saturated heterocycles. The fourth-order valence-electron chi connectivity index (χ4n) is 5.57. The Morgan fingerprint density at radius 2 is 2.11 bits per heavy atom. The van der Waals surface area contributed by atoms with Gasteiger partial charge in [0.15, 0.2) is 0 Å². The van der Waals surface area contributed by atoms with Crippen molar-refractivity contribution in [3.8, 4) is 0 Å². The molecule has 0 saturated carbocycles. The molecule has 2 N–H and O–H groups in total. The van der Waals surface area contributed by atoms with Crippen LogP contribution in [0, 0.1) is 11.8 Å². The highest BCUT2D eigenvalue weighted by Crippen LogP contribution is 2.37. The summed E-state index contributed by atoms with van der Waals surface area (Å²) in [6.07, 6.45) is 11.0. The van der Waals surface area contributed by atoms with E-state index >= 15 is 0 Å². The third-order valence-electron chi connectivity index (χ3n) is 7.95. The average Bonchev–Trinajstić information content (AvgIpc) is 3.24. The molecule has 1 amide bonds. The van der Waals surface area contributed by atoms with E-state index in [0.717, 1.165) is 61.6 Å². The average molecular weight is 485 g/mol. The highest BCUT2D eigenvalue weighted by molar-refractivity contribution is 5.79. The molecular weight excluding hydrogens is 440 g/mol. The number of nitrogens with one attached hydrogen (secondary N) is 2. The first-order valence-corrected chi connectivity index (χ1v) is 13.6. The number of nitrogens with zero attached hydrogens (tertiary/aromatic N) is 4. The van der Waals surface area contributed by atoms with E-state index < -0.39 is 0 Å². The molecule has 4 heterocycles. The van der Waals surface area contributed by atoms with Crippen LogP contribution in [-0.4, -0.2) is 51.3 Å². The first-order chi connectivity index (χ1) is 16.8. The fourth-order valence-corrected chi connectivity index (χ4v) is 5.57. The van der Waals surface area contributed by atoms with Gasteiger partial charge in [0, 0.05) is 31.4 Å². The van der Waals surface area contributed by atoms with E-state index in [2.05, 4.69) is 38.3 Å². The summed E-state index contributed by atoms with van der Waals surface area (Å²) in [7, 11) is 2.00. The largest absolute Gasteiger partial charge is 0.376 e. The Kier molecular flexibility index (Phi) is 8.42. The van der Waals surface area contributed by atoms with Crippen LogP contribution in [0.25, 0.3) is 5.78 Å². The summed E-state index contributed by atoms with van der Waals surface area (Å²) in [5.41, 5.74) is 2.73. The lowest BCUT2D eigenvalue weighted by atomic mass is 9.83. The number of amides is 1.